The normalized spacial score (nSPS) is 10.0. The number of carbonyl (C=O) groups is 2. The van der Waals surface area contributed by atoms with Crippen LogP contribution in [0.1, 0.15) is 32.7 Å². The van der Waals surface area contributed by atoms with Gasteiger partial charge in [0.1, 0.15) is 0 Å². The molecular formula is C11H11ClO3. The van der Waals surface area contributed by atoms with Crippen molar-refractivity contribution in [2.24, 2.45) is 0 Å². The summed E-state index contributed by atoms with van der Waals surface area (Å²) in [5.41, 5.74) is 1.32. The fourth-order valence-corrected chi connectivity index (χ4v) is 1.48. The summed E-state index contributed by atoms with van der Waals surface area (Å²) in [5, 5.41) is 8.79. The fraction of sp³-hybridized carbons (Fsp3) is 0.273. The lowest BCUT2D eigenvalue weighted by molar-refractivity contribution is 0.0695. The Hall–Kier alpha value is -1.35. The van der Waals surface area contributed by atoms with Gasteiger partial charge in [0, 0.05) is 17.9 Å². The Balaban J connectivity index is 3.01. The van der Waals surface area contributed by atoms with E-state index in [0.29, 0.717) is 11.1 Å². The van der Waals surface area contributed by atoms with Crippen molar-refractivity contribution in [1.82, 2.24) is 0 Å². The van der Waals surface area contributed by atoms with Gasteiger partial charge >= 0.3 is 5.97 Å². The molecule has 3 nitrogen and oxygen atoms in total. The number of carboxylic acid groups (broad SMARTS) is 1. The highest BCUT2D eigenvalue weighted by Crippen LogP contribution is 2.13. The molecule has 1 N–H and O–H groups in total. The van der Waals surface area contributed by atoms with Crippen molar-refractivity contribution in [2.75, 3.05) is 5.88 Å². The summed E-state index contributed by atoms with van der Waals surface area (Å²) in [6.07, 6.45) is 0.271. The SMILES string of the molecule is Cc1cc(C(=O)CCCl)ccc1C(=O)O. The Morgan fingerprint density at radius 2 is 2.07 bits per heavy atom. The van der Waals surface area contributed by atoms with Gasteiger partial charge in [0.25, 0.3) is 0 Å². The summed E-state index contributed by atoms with van der Waals surface area (Å²) in [4.78, 5) is 22.2. The van der Waals surface area contributed by atoms with Crippen molar-refractivity contribution < 1.29 is 14.7 Å². The van der Waals surface area contributed by atoms with Crippen LogP contribution < -0.4 is 0 Å². The molecule has 0 heterocycles. The summed E-state index contributed by atoms with van der Waals surface area (Å²) in [6.45, 7) is 1.67. The fourth-order valence-electron chi connectivity index (χ4n) is 1.31. The molecule has 0 saturated heterocycles. The maximum absolute atomic E-state index is 11.4. The van der Waals surface area contributed by atoms with Crippen molar-refractivity contribution in [3.63, 3.8) is 0 Å². The zero-order chi connectivity index (χ0) is 11.4. The number of ketones is 1. The molecule has 0 unspecified atom stereocenters. The first-order valence-electron chi connectivity index (χ1n) is 4.49. The largest absolute Gasteiger partial charge is 0.478 e. The van der Waals surface area contributed by atoms with Crippen LogP contribution in [0.15, 0.2) is 18.2 Å². The van der Waals surface area contributed by atoms with Crippen LogP contribution in [0.4, 0.5) is 0 Å². The third-order valence-electron chi connectivity index (χ3n) is 2.10. The van der Waals surface area contributed by atoms with Crippen LogP contribution in [-0.4, -0.2) is 22.7 Å². The second-order valence-electron chi connectivity index (χ2n) is 3.20. The van der Waals surface area contributed by atoms with E-state index in [-0.39, 0.29) is 23.6 Å². The standard InChI is InChI=1S/C11H11ClO3/c1-7-6-8(10(13)4-5-12)2-3-9(7)11(14)15/h2-3,6H,4-5H2,1H3,(H,14,15). The average Bonchev–Trinajstić information content (AvgIpc) is 2.17. The monoisotopic (exact) mass is 226 g/mol. The predicted octanol–water partition coefficient (Wildman–Crippen LogP) is 2.50. The Bertz CT molecular complexity index is 399. The van der Waals surface area contributed by atoms with Gasteiger partial charge in [0.2, 0.25) is 0 Å². The first-order valence-corrected chi connectivity index (χ1v) is 5.03. The van der Waals surface area contributed by atoms with E-state index in [0.717, 1.165) is 0 Å². The molecular weight excluding hydrogens is 216 g/mol. The van der Waals surface area contributed by atoms with E-state index in [4.69, 9.17) is 16.7 Å². The van der Waals surface area contributed by atoms with Crippen LogP contribution in [0.25, 0.3) is 0 Å². The summed E-state index contributed by atoms with van der Waals surface area (Å²) in [5.74, 6) is -0.771. The van der Waals surface area contributed by atoms with Crippen molar-refractivity contribution in [2.45, 2.75) is 13.3 Å². The van der Waals surface area contributed by atoms with Crippen LogP contribution >= 0.6 is 11.6 Å². The van der Waals surface area contributed by atoms with Gasteiger partial charge in [-0.1, -0.05) is 6.07 Å². The van der Waals surface area contributed by atoms with Gasteiger partial charge in [-0.15, -0.1) is 11.6 Å². The molecule has 1 aromatic rings. The maximum atomic E-state index is 11.4. The number of hydrogen-bond donors (Lipinski definition) is 1. The summed E-state index contributed by atoms with van der Waals surface area (Å²) in [6, 6.07) is 4.54. The molecule has 0 atom stereocenters. The van der Waals surface area contributed by atoms with E-state index in [1.807, 2.05) is 0 Å². The minimum absolute atomic E-state index is 0.0648. The molecule has 0 aliphatic rings. The number of Topliss-reactive ketones (excluding diaryl/α,β-unsaturated/α-hetero) is 1. The Morgan fingerprint density at radius 1 is 1.40 bits per heavy atom. The van der Waals surface area contributed by atoms with Crippen LogP contribution in [-0.2, 0) is 0 Å². The molecule has 0 aromatic heterocycles. The first kappa shape index (κ1) is 11.7. The Morgan fingerprint density at radius 3 is 2.53 bits per heavy atom. The number of alkyl halides is 1. The average molecular weight is 227 g/mol. The third-order valence-corrected chi connectivity index (χ3v) is 2.29. The number of aryl methyl sites for hydroxylation is 1. The highest BCUT2D eigenvalue weighted by Gasteiger charge is 2.10. The number of carbonyl (C=O) groups excluding carboxylic acids is 1. The van der Waals surface area contributed by atoms with Crippen LogP contribution in [0.3, 0.4) is 0 Å². The van der Waals surface area contributed by atoms with Gasteiger partial charge in [0.15, 0.2) is 5.78 Å². The lowest BCUT2D eigenvalue weighted by atomic mass is 10.0. The molecule has 4 heteroatoms. The molecule has 0 saturated carbocycles. The van der Waals surface area contributed by atoms with Crippen molar-refractivity contribution in [3.8, 4) is 0 Å². The summed E-state index contributed by atoms with van der Waals surface area (Å²) >= 11 is 5.45. The van der Waals surface area contributed by atoms with E-state index >= 15 is 0 Å². The van der Waals surface area contributed by atoms with E-state index in [2.05, 4.69) is 0 Å². The van der Waals surface area contributed by atoms with Gasteiger partial charge in [-0.2, -0.15) is 0 Å². The molecule has 0 spiro atoms. The Kier molecular flexibility index (Phi) is 3.86. The number of aromatic carboxylic acids is 1. The summed E-state index contributed by atoms with van der Waals surface area (Å²) in [7, 11) is 0. The summed E-state index contributed by atoms with van der Waals surface area (Å²) < 4.78 is 0. The van der Waals surface area contributed by atoms with E-state index in [9.17, 15) is 9.59 Å². The molecule has 0 radical (unpaired) electrons. The zero-order valence-corrected chi connectivity index (χ0v) is 9.04. The smallest absolute Gasteiger partial charge is 0.335 e. The quantitative estimate of drug-likeness (QED) is 0.634. The number of carboxylic acids is 1. The van der Waals surface area contributed by atoms with E-state index < -0.39 is 5.97 Å². The van der Waals surface area contributed by atoms with Crippen LogP contribution in [0.5, 0.6) is 0 Å². The molecule has 0 bridgehead atoms. The van der Waals surface area contributed by atoms with Crippen LogP contribution in [0, 0.1) is 6.92 Å². The topological polar surface area (TPSA) is 54.4 Å². The van der Waals surface area contributed by atoms with E-state index in [1.165, 1.54) is 12.1 Å². The maximum Gasteiger partial charge on any atom is 0.335 e. The van der Waals surface area contributed by atoms with Gasteiger partial charge in [-0.05, 0) is 24.6 Å². The highest BCUT2D eigenvalue weighted by atomic mass is 35.5. The third kappa shape index (κ3) is 2.80. The predicted molar refractivity (Wildman–Crippen MR) is 57.8 cm³/mol. The zero-order valence-electron chi connectivity index (χ0n) is 8.29. The minimum Gasteiger partial charge on any atom is -0.478 e. The molecule has 15 heavy (non-hydrogen) atoms. The minimum atomic E-state index is -0.983. The lowest BCUT2D eigenvalue weighted by Gasteiger charge is -2.03. The molecule has 1 aromatic carbocycles. The van der Waals surface area contributed by atoms with Crippen molar-refractivity contribution in [1.29, 1.82) is 0 Å². The van der Waals surface area contributed by atoms with Gasteiger partial charge in [0.05, 0.1) is 5.56 Å². The molecule has 0 aliphatic heterocycles. The molecule has 1 rings (SSSR count). The first-order chi connectivity index (χ1) is 7.06. The molecule has 0 fully saturated rings. The van der Waals surface area contributed by atoms with E-state index in [1.54, 1.807) is 13.0 Å². The number of rotatable bonds is 4. The second-order valence-corrected chi connectivity index (χ2v) is 3.57. The lowest BCUT2D eigenvalue weighted by Crippen LogP contribution is -2.04. The molecule has 0 amide bonds. The number of halogens is 1. The molecule has 0 aliphatic carbocycles. The second kappa shape index (κ2) is 4.94. The van der Waals surface area contributed by atoms with Gasteiger partial charge < -0.3 is 5.11 Å². The molecule has 80 valence electrons. The number of benzene rings is 1. The Labute approximate surface area is 92.7 Å². The van der Waals surface area contributed by atoms with Crippen molar-refractivity contribution >= 4 is 23.4 Å². The number of hydrogen-bond acceptors (Lipinski definition) is 2. The highest BCUT2D eigenvalue weighted by molar-refractivity contribution is 6.19. The van der Waals surface area contributed by atoms with Gasteiger partial charge in [-0.25, -0.2) is 4.79 Å². The van der Waals surface area contributed by atoms with Gasteiger partial charge in [-0.3, -0.25) is 4.79 Å². The van der Waals surface area contributed by atoms with Crippen LogP contribution in [0.2, 0.25) is 0 Å². The van der Waals surface area contributed by atoms with Crippen molar-refractivity contribution in [3.05, 3.63) is 34.9 Å².